The van der Waals surface area contributed by atoms with Crippen molar-refractivity contribution < 1.29 is 18.8 Å². The maximum Gasteiger partial charge on any atom is 0.366 e. The number of hydrogen-bond acceptors (Lipinski definition) is 6. The van der Waals surface area contributed by atoms with Crippen molar-refractivity contribution in [1.82, 2.24) is 5.16 Å². The zero-order valence-corrected chi connectivity index (χ0v) is 13.8. The van der Waals surface area contributed by atoms with Gasteiger partial charge in [0.25, 0.3) is 11.7 Å². The minimum Gasteiger partial charge on any atom is -0.497 e. The standard InChI is InChI=1S/C19H14N2O5/c1-3-16-15-10-12(7-8-14(15)19(24)26-21-16)20-18(23)17(22)11-5-4-6-13(9-11)25-2/h3-10H,1H2,2H3,(H,20,23). The highest BCUT2D eigenvalue weighted by atomic mass is 16.5. The summed E-state index contributed by atoms with van der Waals surface area (Å²) in [5, 5.41) is 6.92. The molecule has 0 bridgehead atoms. The Morgan fingerprint density at radius 3 is 2.73 bits per heavy atom. The Morgan fingerprint density at radius 2 is 2.00 bits per heavy atom. The summed E-state index contributed by atoms with van der Waals surface area (Å²) in [5.41, 5.74) is 0.303. The van der Waals surface area contributed by atoms with Gasteiger partial charge in [0.2, 0.25) is 0 Å². The minimum atomic E-state index is -0.811. The second kappa shape index (κ2) is 7.02. The molecule has 26 heavy (non-hydrogen) atoms. The lowest BCUT2D eigenvalue weighted by Gasteiger charge is -2.07. The van der Waals surface area contributed by atoms with E-state index in [4.69, 9.17) is 4.74 Å². The molecule has 0 aliphatic rings. The molecule has 0 radical (unpaired) electrons. The van der Waals surface area contributed by atoms with E-state index in [1.54, 1.807) is 12.1 Å². The molecule has 7 heteroatoms. The van der Waals surface area contributed by atoms with E-state index in [1.165, 1.54) is 43.5 Å². The third kappa shape index (κ3) is 3.23. The van der Waals surface area contributed by atoms with Crippen molar-refractivity contribution in [3.63, 3.8) is 0 Å². The van der Waals surface area contributed by atoms with Crippen molar-refractivity contribution in [2.24, 2.45) is 0 Å². The summed E-state index contributed by atoms with van der Waals surface area (Å²) < 4.78 is 9.72. The van der Waals surface area contributed by atoms with E-state index in [1.807, 2.05) is 0 Å². The van der Waals surface area contributed by atoms with Crippen LogP contribution < -0.4 is 15.7 Å². The van der Waals surface area contributed by atoms with Crippen LogP contribution in [0.5, 0.6) is 5.75 Å². The van der Waals surface area contributed by atoms with Crippen LogP contribution >= 0.6 is 0 Å². The van der Waals surface area contributed by atoms with E-state index in [-0.39, 0.29) is 5.56 Å². The number of carbonyl (C=O) groups is 2. The van der Waals surface area contributed by atoms with E-state index < -0.39 is 17.3 Å². The first-order valence-electron chi connectivity index (χ1n) is 7.59. The van der Waals surface area contributed by atoms with Gasteiger partial charge in [-0.25, -0.2) is 4.79 Å². The highest BCUT2D eigenvalue weighted by Gasteiger charge is 2.17. The van der Waals surface area contributed by atoms with Crippen molar-refractivity contribution in [3.8, 4) is 5.75 Å². The Bertz CT molecular complexity index is 1080. The predicted octanol–water partition coefficient (Wildman–Crippen LogP) is 2.66. The molecule has 130 valence electrons. The Hall–Kier alpha value is -3.74. The van der Waals surface area contributed by atoms with Gasteiger partial charge in [-0.2, -0.15) is 0 Å². The maximum absolute atomic E-state index is 12.3. The fourth-order valence-electron chi connectivity index (χ4n) is 2.43. The summed E-state index contributed by atoms with van der Waals surface area (Å²) in [5.74, 6) is -1.05. The average Bonchev–Trinajstić information content (AvgIpc) is 2.67. The van der Waals surface area contributed by atoms with Gasteiger partial charge in [-0.15, -0.1) is 0 Å². The van der Waals surface area contributed by atoms with Crippen molar-refractivity contribution in [3.05, 3.63) is 70.7 Å². The second-order valence-electron chi connectivity index (χ2n) is 5.33. The Morgan fingerprint density at radius 1 is 1.19 bits per heavy atom. The van der Waals surface area contributed by atoms with Gasteiger partial charge in [-0.1, -0.05) is 23.9 Å². The monoisotopic (exact) mass is 350 g/mol. The third-order valence-corrected chi connectivity index (χ3v) is 3.73. The fourth-order valence-corrected chi connectivity index (χ4v) is 2.43. The summed E-state index contributed by atoms with van der Waals surface area (Å²) in [6.45, 7) is 3.61. The molecule has 3 aromatic rings. The second-order valence-corrected chi connectivity index (χ2v) is 5.33. The summed E-state index contributed by atoms with van der Waals surface area (Å²) >= 11 is 0. The van der Waals surface area contributed by atoms with Crippen molar-refractivity contribution >= 4 is 34.2 Å². The van der Waals surface area contributed by atoms with Crippen LogP contribution in [0.25, 0.3) is 16.8 Å². The van der Waals surface area contributed by atoms with E-state index >= 15 is 0 Å². The topological polar surface area (TPSA) is 98.5 Å². The summed E-state index contributed by atoms with van der Waals surface area (Å²) in [6.07, 6.45) is 1.43. The van der Waals surface area contributed by atoms with Crippen LogP contribution in [-0.2, 0) is 4.79 Å². The van der Waals surface area contributed by atoms with Crippen LogP contribution in [0.3, 0.4) is 0 Å². The zero-order chi connectivity index (χ0) is 18.7. The summed E-state index contributed by atoms with van der Waals surface area (Å²) in [4.78, 5) is 36.3. The van der Waals surface area contributed by atoms with Crippen molar-refractivity contribution in [2.45, 2.75) is 0 Å². The molecular weight excluding hydrogens is 336 g/mol. The first-order valence-corrected chi connectivity index (χ1v) is 7.59. The molecular formula is C19H14N2O5. The number of aromatic nitrogens is 1. The van der Waals surface area contributed by atoms with Crippen LogP contribution in [0.15, 0.2) is 58.4 Å². The smallest absolute Gasteiger partial charge is 0.366 e. The van der Waals surface area contributed by atoms with Crippen LogP contribution in [0.4, 0.5) is 5.69 Å². The van der Waals surface area contributed by atoms with Crippen LogP contribution in [0.1, 0.15) is 16.1 Å². The number of methoxy groups -OCH3 is 1. The molecule has 7 nitrogen and oxygen atoms in total. The third-order valence-electron chi connectivity index (χ3n) is 3.73. The molecule has 3 rings (SSSR count). The minimum absolute atomic E-state index is 0.205. The molecule has 1 N–H and O–H groups in total. The number of fused-ring (bicyclic) bond motifs is 1. The van der Waals surface area contributed by atoms with Gasteiger partial charge >= 0.3 is 5.63 Å². The molecule has 0 spiro atoms. The van der Waals surface area contributed by atoms with Crippen LogP contribution in [-0.4, -0.2) is 24.0 Å². The molecule has 1 amide bonds. The van der Waals surface area contributed by atoms with E-state index in [0.29, 0.717) is 27.9 Å². The molecule has 1 aromatic heterocycles. The number of rotatable bonds is 5. The van der Waals surface area contributed by atoms with Crippen LogP contribution in [0.2, 0.25) is 0 Å². The Kier molecular flexibility index (Phi) is 4.62. The number of ether oxygens (including phenoxy) is 1. The molecule has 0 unspecified atom stereocenters. The number of anilines is 1. The SMILES string of the molecule is C=Cc1noc(=O)c2ccc(NC(=O)C(=O)c3cccc(OC)c3)cc12. The lowest BCUT2D eigenvalue weighted by molar-refractivity contribution is -0.112. The first kappa shape index (κ1) is 17.1. The van der Waals surface area contributed by atoms with E-state index in [0.717, 1.165) is 0 Å². The molecule has 0 atom stereocenters. The predicted molar refractivity (Wildman–Crippen MR) is 96.3 cm³/mol. The molecule has 0 fully saturated rings. The van der Waals surface area contributed by atoms with Gasteiger partial charge < -0.3 is 14.6 Å². The number of carbonyl (C=O) groups excluding carboxylic acids is 2. The largest absolute Gasteiger partial charge is 0.497 e. The van der Waals surface area contributed by atoms with E-state index in [2.05, 4.69) is 21.6 Å². The molecule has 0 saturated carbocycles. The number of hydrogen-bond donors (Lipinski definition) is 1. The van der Waals surface area contributed by atoms with Gasteiger partial charge in [0.15, 0.2) is 0 Å². The van der Waals surface area contributed by atoms with E-state index in [9.17, 15) is 14.4 Å². The first-order chi connectivity index (χ1) is 12.5. The average molecular weight is 350 g/mol. The number of nitrogens with one attached hydrogen (secondary N) is 1. The lowest BCUT2D eigenvalue weighted by Crippen LogP contribution is -2.23. The normalized spacial score (nSPS) is 10.3. The number of benzene rings is 2. The molecule has 2 aromatic carbocycles. The summed E-state index contributed by atoms with van der Waals surface area (Å²) in [6, 6.07) is 10.8. The highest BCUT2D eigenvalue weighted by Crippen LogP contribution is 2.20. The fraction of sp³-hybridized carbons (Fsp3) is 0.0526. The van der Waals surface area contributed by atoms with Gasteiger partial charge in [0.1, 0.15) is 11.4 Å². The number of ketones is 1. The quantitative estimate of drug-likeness (QED) is 0.561. The molecule has 0 saturated heterocycles. The van der Waals surface area contributed by atoms with Crippen molar-refractivity contribution in [1.29, 1.82) is 0 Å². The summed E-state index contributed by atoms with van der Waals surface area (Å²) in [7, 11) is 1.47. The Balaban J connectivity index is 1.90. The van der Waals surface area contributed by atoms with Gasteiger partial charge in [-0.3, -0.25) is 9.59 Å². The number of Topliss-reactive ketones (excluding diaryl/α,β-unsaturated/α-hetero) is 1. The van der Waals surface area contributed by atoms with Gasteiger partial charge in [-0.05, 0) is 36.4 Å². The maximum atomic E-state index is 12.3. The van der Waals surface area contributed by atoms with Gasteiger partial charge in [0, 0.05) is 16.6 Å². The molecule has 0 aliphatic carbocycles. The van der Waals surface area contributed by atoms with Gasteiger partial charge in [0.05, 0.1) is 12.5 Å². The number of amides is 1. The highest BCUT2D eigenvalue weighted by molar-refractivity contribution is 6.46. The number of nitrogens with zero attached hydrogens (tertiary/aromatic N) is 1. The lowest BCUT2D eigenvalue weighted by atomic mass is 10.1. The van der Waals surface area contributed by atoms with Crippen molar-refractivity contribution in [2.75, 3.05) is 12.4 Å². The zero-order valence-electron chi connectivity index (χ0n) is 13.8. The molecule has 0 aliphatic heterocycles. The molecule has 1 heterocycles. The Labute approximate surface area is 147 Å². The van der Waals surface area contributed by atoms with Crippen LogP contribution in [0, 0.1) is 0 Å².